The molecule has 0 fully saturated rings. The first-order valence-corrected chi connectivity index (χ1v) is 9.31. The van der Waals surface area contributed by atoms with E-state index in [1.807, 2.05) is 66.4 Å². The first kappa shape index (κ1) is 16.6. The number of amides is 1. The maximum absolute atomic E-state index is 13.6. The number of carbonyl (C=O) groups excluding carboxylic acids is 1. The van der Waals surface area contributed by atoms with Crippen LogP contribution < -0.4 is 4.90 Å². The molecule has 1 amide bonds. The Morgan fingerprint density at radius 2 is 1.54 bits per heavy atom. The molecule has 0 saturated carbocycles. The fourth-order valence-corrected chi connectivity index (χ4v) is 3.85. The molecule has 0 heterocycles. The van der Waals surface area contributed by atoms with Gasteiger partial charge in [-0.2, -0.15) is 0 Å². The van der Waals surface area contributed by atoms with Gasteiger partial charge in [0.25, 0.3) is 5.91 Å². The molecule has 4 rings (SSSR count). The van der Waals surface area contributed by atoms with Crippen LogP contribution in [0, 0.1) is 6.92 Å². The number of hydrogen-bond donors (Lipinski definition) is 0. The third-order valence-electron chi connectivity index (χ3n) is 5.21. The van der Waals surface area contributed by atoms with Crippen molar-refractivity contribution in [2.45, 2.75) is 32.6 Å². The number of rotatable bonds is 3. The van der Waals surface area contributed by atoms with Crippen LogP contribution in [0.4, 0.5) is 11.4 Å². The van der Waals surface area contributed by atoms with Crippen LogP contribution in [0.25, 0.3) is 0 Å². The summed E-state index contributed by atoms with van der Waals surface area (Å²) in [7, 11) is 0. The fourth-order valence-electron chi connectivity index (χ4n) is 3.85. The number of fused-ring (bicyclic) bond motifs is 1. The predicted octanol–water partition coefficient (Wildman–Crippen LogP) is 5.85. The maximum Gasteiger partial charge on any atom is 0.263 e. The minimum atomic E-state index is 0.0354. The van der Waals surface area contributed by atoms with E-state index in [0.29, 0.717) is 0 Å². The lowest BCUT2D eigenvalue weighted by Crippen LogP contribution is -2.28. The molecule has 0 saturated heterocycles. The van der Waals surface area contributed by atoms with Crippen LogP contribution in [0.15, 0.2) is 72.8 Å². The predicted molar refractivity (Wildman–Crippen MR) is 107 cm³/mol. The van der Waals surface area contributed by atoms with Gasteiger partial charge in [0.1, 0.15) is 0 Å². The van der Waals surface area contributed by atoms with Gasteiger partial charge in [0.2, 0.25) is 0 Å². The molecule has 0 radical (unpaired) electrons. The third kappa shape index (κ3) is 3.03. The summed E-state index contributed by atoms with van der Waals surface area (Å²) in [6.07, 6.45) is 4.55. The summed E-state index contributed by atoms with van der Waals surface area (Å²) in [4.78, 5) is 15.5. The Morgan fingerprint density at radius 1 is 0.808 bits per heavy atom. The van der Waals surface area contributed by atoms with Crippen LogP contribution in [-0.4, -0.2) is 5.91 Å². The van der Waals surface area contributed by atoms with Crippen molar-refractivity contribution >= 4 is 17.3 Å². The smallest absolute Gasteiger partial charge is 0.263 e. The Labute approximate surface area is 155 Å². The van der Waals surface area contributed by atoms with Gasteiger partial charge in [-0.15, -0.1) is 0 Å². The van der Waals surface area contributed by atoms with Crippen molar-refractivity contribution in [3.05, 3.63) is 95.1 Å². The minimum absolute atomic E-state index is 0.0354. The lowest BCUT2D eigenvalue weighted by Gasteiger charge is -2.29. The number of anilines is 2. The van der Waals surface area contributed by atoms with Crippen LogP contribution in [0.5, 0.6) is 0 Å². The summed E-state index contributed by atoms with van der Waals surface area (Å²) < 4.78 is 0. The number of aryl methyl sites for hydroxylation is 2. The zero-order chi connectivity index (χ0) is 17.9. The molecule has 3 aromatic carbocycles. The molecule has 3 aromatic rings. The highest BCUT2D eigenvalue weighted by molar-refractivity contribution is 6.12. The number of nitrogens with zero attached hydrogens (tertiary/aromatic N) is 1. The van der Waals surface area contributed by atoms with Crippen LogP contribution in [0.2, 0.25) is 0 Å². The van der Waals surface area contributed by atoms with E-state index in [1.165, 1.54) is 24.0 Å². The molecular weight excluding hydrogens is 318 g/mol. The topological polar surface area (TPSA) is 20.3 Å². The Kier molecular flexibility index (Phi) is 4.57. The molecule has 130 valence electrons. The highest BCUT2D eigenvalue weighted by atomic mass is 16.2. The van der Waals surface area contributed by atoms with Gasteiger partial charge in [-0.25, -0.2) is 0 Å². The first-order valence-electron chi connectivity index (χ1n) is 9.31. The number of benzene rings is 3. The summed E-state index contributed by atoms with van der Waals surface area (Å²) >= 11 is 0. The summed E-state index contributed by atoms with van der Waals surface area (Å²) in [6, 6.07) is 24.2. The van der Waals surface area contributed by atoms with E-state index < -0.39 is 0 Å². The highest BCUT2D eigenvalue weighted by Crippen LogP contribution is 2.35. The van der Waals surface area contributed by atoms with Crippen molar-refractivity contribution in [2.24, 2.45) is 0 Å². The molecule has 1 aliphatic carbocycles. The molecule has 0 aliphatic heterocycles. The maximum atomic E-state index is 13.6. The highest BCUT2D eigenvalue weighted by Gasteiger charge is 2.25. The van der Waals surface area contributed by atoms with Gasteiger partial charge in [0, 0.05) is 11.3 Å². The summed E-state index contributed by atoms with van der Waals surface area (Å²) in [5, 5.41) is 0. The Bertz CT molecular complexity index is 930. The summed E-state index contributed by atoms with van der Waals surface area (Å²) in [5.74, 6) is 0.0354. The summed E-state index contributed by atoms with van der Waals surface area (Å²) in [6.45, 7) is 2.00. The summed E-state index contributed by atoms with van der Waals surface area (Å²) in [5.41, 5.74) is 6.41. The van der Waals surface area contributed by atoms with Crippen molar-refractivity contribution < 1.29 is 4.79 Å². The van der Waals surface area contributed by atoms with Crippen molar-refractivity contribution in [2.75, 3.05) is 4.90 Å². The molecule has 0 atom stereocenters. The van der Waals surface area contributed by atoms with E-state index in [0.717, 1.165) is 35.3 Å². The van der Waals surface area contributed by atoms with E-state index in [4.69, 9.17) is 0 Å². The molecule has 0 spiro atoms. The van der Waals surface area contributed by atoms with E-state index in [1.54, 1.807) is 0 Å². The lowest BCUT2D eigenvalue weighted by molar-refractivity contribution is 0.0998. The molecule has 2 nitrogen and oxygen atoms in total. The average Bonchev–Trinajstić information content (AvgIpc) is 2.69. The van der Waals surface area contributed by atoms with Gasteiger partial charge in [-0.3, -0.25) is 9.69 Å². The molecule has 1 aliphatic rings. The molecular formula is C24H23NO. The van der Waals surface area contributed by atoms with Gasteiger partial charge in [-0.05, 0) is 73.6 Å². The minimum Gasteiger partial charge on any atom is -0.277 e. The Hall–Kier alpha value is -2.87. The van der Waals surface area contributed by atoms with Crippen molar-refractivity contribution in [1.82, 2.24) is 0 Å². The van der Waals surface area contributed by atoms with Gasteiger partial charge < -0.3 is 0 Å². The molecule has 0 aromatic heterocycles. The molecule has 0 N–H and O–H groups in total. The van der Waals surface area contributed by atoms with Crippen LogP contribution in [0.3, 0.4) is 0 Å². The quantitative estimate of drug-likeness (QED) is 0.585. The number of carbonyl (C=O) groups is 1. The zero-order valence-corrected chi connectivity index (χ0v) is 15.1. The van der Waals surface area contributed by atoms with E-state index in [9.17, 15) is 4.79 Å². The molecule has 2 heteroatoms. The standard InChI is InChI=1S/C24H23NO/c1-18-10-5-7-15-21(18)24(26)25(20-13-3-2-4-14-20)23-17-9-12-19-11-6-8-16-22(19)23/h2-5,7,9-10,12-15,17H,6,8,11,16H2,1H3. The van der Waals surface area contributed by atoms with Gasteiger partial charge in [0.15, 0.2) is 0 Å². The lowest BCUT2D eigenvalue weighted by atomic mass is 9.89. The van der Waals surface area contributed by atoms with Crippen molar-refractivity contribution in [3.8, 4) is 0 Å². The average molecular weight is 341 g/mol. The third-order valence-corrected chi connectivity index (χ3v) is 5.21. The second kappa shape index (κ2) is 7.17. The van der Waals surface area contributed by atoms with E-state index >= 15 is 0 Å². The number of para-hydroxylation sites is 1. The monoisotopic (exact) mass is 341 g/mol. The van der Waals surface area contributed by atoms with E-state index in [2.05, 4.69) is 18.2 Å². The van der Waals surface area contributed by atoms with Crippen LogP contribution in [0.1, 0.15) is 39.9 Å². The van der Waals surface area contributed by atoms with Crippen LogP contribution >= 0.6 is 0 Å². The zero-order valence-electron chi connectivity index (χ0n) is 15.1. The first-order chi connectivity index (χ1) is 12.8. The van der Waals surface area contributed by atoms with Gasteiger partial charge in [-0.1, -0.05) is 48.5 Å². The number of hydrogen-bond acceptors (Lipinski definition) is 1. The van der Waals surface area contributed by atoms with Crippen LogP contribution in [-0.2, 0) is 12.8 Å². The van der Waals surface area contributed by atoms with Crippen molar-refractivity contribution in [1.29, 1.82) is 0 Å². The largest absolute Gasteiger partial charge is 0.277 e. The van der Waals surface area contributed by atoms with E-state index in [-0.39, 0.29) is 5.91 Å². The SMILES string of the molecule is Cc1ccccc1C(=O)N(c1ccccc1)c1cccc2c1CCCC2. The second-order valence-electron chi connectivity index (χ2n) is 6.91. The Morgan fingerprint density at radius 3 is 2.35 bits per heavy atom. The van der Waals surface area contributed by atoms with Gasteiger partial charge >= 0.3 is 0 Å². The second-order valence-corrected chi connectivity index (χ2v) is 6.91. The van der Waals surface area contributed by atoms with Gasteiger partial charge in [0.05, 0.1) is 5.69 Å². The molecule has 26 heavy (non-hydrogen) atoms. The molecule has 0 bridgehead atoms. The van der Waals surface area contributed by atoms with Crippen molar-refractivity contribution in [3.63, 3.8) is 0 Å². The fraction of sp³-hybridized carbons (Fsp3) is 0.208. The normalized spacial score (nSPS) is 13.1. The molecule has 0 unspecified atom stereocenters. The Balaban J connectivity index is 1.88.